The molecule has 1 aromatic rings. The largest absolute Gasteiger partial charge is 0.396 e. The number of aliphatic hydroxyl groups excluding tert-OH is 1. The summed E-state index contributed by atoms with van der Waals surface area (Å²) in [6.07, 6.45) is 8.61. The molecule has 0 radical (unpaired) electrons. The van der Waals surface area contributed by atoms with Crippen molar-refractivity contribution < 1.29 is 9.90 Å². The lowest BCUT2D eigenvalue weighted by atomic mass is 9.90. The van der Waals surface area contributed by atoms with Gasteiger partial charge in [-0.15, -0.1) is 0 Å². The van der Waals surface area contributed by atoms with Gasteiger partial charge in [-0.3, -0.25) is 9.69 Å². The highest BCUT2D eigenvalue weighted by Crippen LogP contribution is 2.23. The SMILES string of the molecule is CC(C)(CN1CCn2ccnc2C1)C(=O)N[C@@H]1C=C[C@H](CO)C1. The molecule has 0 spiro atoms. The smallest absolute Gasteiger partial charge is 0.227 e. The third-order valence-electron chi connectivity index (χ3n) is 4.78. The van der Waals surface area contributed by atoms with Gasteiger partial charge in [-0.25, -0.2) is 4.98 Å². The van der Waals surface area contributed by atoms with E-state index in [4.69, 9.17) is 0 Å². The highest BCUT2D eigenvalue weighted by atomic mass is 16.3. The summed E-state index contributed by atoms with van der Waals surface area (Å²) >= 11 is 0. The summed E-state index contributed by atoms with van der Waals surface area (Å²) in [5.41, 5.74) is -0.458. The van der Waals surface area contributed by atoms with Crippen molar-refractivity contribution in [1.29, 1.82) is 0 Å². The fraction of sp³-hybridized carbons (Fsp3) is 0.647. The standard InChI is InChI=1S/C17H26N4O2/c1-17(2,16(23)19-14-4-3-13(9-14)11-22)12-20-7-8-21-6-5-18-15(21)10-20/h3-6,13-14,22H,7-12H2,1-2H3,(H,19,23)/t13-,14+/m0/s1. The lowest BCUT2D eigenvalue weighted by Crippen LogP contribution is -2.49. The molecule has 1 amide bonds. The molecule has 23 heavy (non-hydrogen) atoms. The molecule has 0 fully saturated rings. The Bertz CT molecular complexity index is 593. The zero-order valence-corrected chi connectivity index (χ0v) is 13.9. The van der Waals surface area contributed by atoms with Crippen LogP contribution in [0.4, 0.5) is 0 Å². The minimum atomic E-state index is -0.458. The van der Waals surface area contributed by atoms with Gasteiger partial charge in [-0.2, -0.15) is 0 Å². The molecule has 2 atom stereocenters. The summed E-state index contributed by atoms with van der Waals surface area (Å²) in [7, 11) is 0. The van der Waals surface area contributed by atoms with Gasteiger partial charge < -0.3 is 15.0 Å². The van der Waals surface area contributed by atoms with E-state index >= 15 is 0 Å². The minimum Gasteiger partial charge on any atom is -0.396 e. The van der Waals surface area contributed by atoms with Gasteiger partial charge in [0.2, 0.25) is 5.91 Å². The van der Waals surface area contributed by atoms with E-state index in [1.165, 1.54) is 0 Å². The summed E-state index contributed by atoms with van der Waals surface area (Å²) in [6, 6.07) is 0.0409. The number of imidazole rings is 1. The van der Waals surface area contributed by atoms with Crippen molar-refractivity contribution in [1.82, 2.24) is 19.8 Å². The Balaban J connectivity index is 1.54. The van der Waals surface area contributed by atoms with E-state index < -0.39 is 5.41 Å². The predicted octanol–water partition coefficient (Wildman–Crippen LogP) is 0.778. The molecule has 0 saturated heterocycles. The van der Waals surface area contributed by atoms with Crippen LogP contribution in [-0.2, 0) is 17.9 Å². The topological polar surface area (TPSA) is 70.4 Å². The summed E-state index contributed by atoms with van der Waals surface area (Å²) in [5, 5.41) is 12.3. The molecule has 0 unspecified atom stereocenters. The molecule has 2 N–H and O–H groups in total. The summed E-state index contributed by atoms with van der Waals surface area (Å²) < 4.78 is 2.17. The third kappa shape index (κ3) is 3.64. The number of hydrogen-bond acceptors (Lipinski definition) is 4. The van der Waals surface area contributed by atoms with Crippen LogP contribution in [0, 0.1) is 11.3 Å². The molecule has 6 nitrogen and oxygen atoms in total. The number of carbonyl (C=O) groups excluding carboxylic acids is 1. The maximum Gasteiger partial charge on any atom is 0.227 e. The van der Waals surface area contributed by atoms with Crippen LogP contribution in [-0.4, -0.2) is 51.2 Å². The maximum atomic E-state index is 12.6. The van der Waals surface area contributed by atoms with Gasteiger partial charge in [-0.05, 0) is 20.3 Å². The second-order valence-electron chi connectivity index (χ2n) is 7.27. The molecule has 2 aliphatic rings. The molecule has 0 aromatic carbocycles. The first-order valence-electron chi connectivity index (χ1n) is 8.30. The van der Waals surface area contributed by atoms with Crippen molar-refractivity contribution in [2.75, 3.05) is 19.7 Å². The molecule has 0 bridgehead atoms. The number of fused-ring (bicyclic) bond motifs is 1. The second kappa shape index (κ2) is 6.45. The number of amides is 1. The van der Waals surface area contributed by atoms with Crippen molar-refractivity contribution >= 4 is 5.91 Å². The van der Waals surface area contributed by atoms with Crippen LogP contribution >= 0.6 is 0 Å². The molecule has 126 valence electrons. The number of nitrogens with zero attached hydrogens (tertiary/aromatic N) is 3. The van der Waals surface area contributed by atoms with Crippen molar-refractivity contribution in [2.24, 2.45) is 11.3 Å². The van der Waals surface area contributed by atoms with Gasteiger partial charge in [0.15, 0.2) is 0 Å². The number of carbonyl (C=O) groups is 1. The van der Waals surface area contributed by atoms with E-state index in [9.17, 15) is 9.90 Å². The zero-order chi connectivity index (χ0) is 16.4. The third-order valence-corrected chi connectivity index (χ3v) is 4.78. The van der Waals surface area contributed by atoms with Crippen molar-refractivity contribution in [3.63, 3.8) is 0 Å². The lowest BCUT2D eigenvalue weighted by molar-refractivity contribution is -0.131. The Labute approximate surface area is 137 Å². The Morgan fingerprint density at radius 1 is 1.43 bits per heavy atom. The van der Waals surface area contributed by atoms with E-state index in [2.05, 4.69) is 19.8 Å². The van der Waals surface area contributed by atoms with E-state index in [1.807, 2.05) is 38.4 Å². The van der Waals surface area contributed by atoms with E-state index in [1.54, 1.807) is 0 Å². The molecule has 6 heteroatoms. The van der Waals surface area contributed by atoms with Crippen molar-refractivity contribution in [3.8, 4) is 0 Å². The Hall–Kier alpha value is -1.66. The minimum absolute atomic E-state index is 0.0409. The first kappa shape index (κ1) is 16.2. The van der Waals surface area contributed by atoms with Gasteiger partial charge in [0.25, 0.3) is 0 Å². The van der Waals surface area contributed by atoms with Gasteiger partial charge in [-0.1, -0.05) is 12.2 Å². The fourth-order valence-corrected chi connectivity index (χ4v) is 3.37. The average molecular weight is 318 g/mol. The summed E-state index contributed by atoms with van der Waals surface area (Å²) in [4.78, 5) is 19.3. The Morgan fingerprint density at radius 2 is 2.26 bits per heavy atom. The van der Waals surface area contributed by atoms with Crippen molar-refractivity contribution in [3.05, 3.63) is 30.4 Å². The number of hydrogen-bond donors (Lipinski definition) is 2. The van der Waals surface area contributed by atoms with Gasteiger partial charge in [0.05, 0.1) is 12.0 Å². The van der Waals surface area contributed by atoms with Crippen LogP contribution in [0.2, 0.25) is 0 Å². The Morgan fingerprint density at radius 3 is 3.00 bits per heavy atom. The zero-order valence-electron chi connectivity index (χ0n) is 13.9. The normalized spacial score (nSPS) is 24.7. The monoisotopic (exact) mass is 318 g/mol. The Kier molecular flexibility index (Phi) is 4.55. The molecule has 3 rings (SSSR count). The van der Waals surface area contributed by atoms with Crippen LogP contribution < -0.4 is 5.32 Å². The summed E-state index contributed by atoms with van der Waals surface area (Å²) in [5.74, 6) is 1.31. The maximum absolute atomic E-state index is 12.6. The van der Waals surface area contributed by atoms with Crippen LogP contribution in [0.15, 0.2) is 24.5 Å². The highest BCUT2D eigenvalue weighted by Gasteiger charge is 2.33. The van der Waals surface area contributed by atoms with Crippen LogP contribution in [0.25, 0.3) is 0 Å². The molecule has 1 aliphatic carbocycles. The highest BCUT2D eigenvalue weighted by molar-refractivity contribution is 5.82. The van der Waals surface area contributed by atoms with Crippen LogP contribution in [0.1, 0.15) is 26.1 Å². The molecule has 1 aromatic heterocycles. The first-order valence-corrected chi connectivity index (χ1v) is 8.30. The van der Waals surface area contributed by atoms with Crippen LogP contribution in [0.3, 0.4) is 0 Å². The fourth-order valence-electron chi connectivity index (χ4n) is 3.37. The molecular weight excluding hydrogens is 292 g/mol. The van der Waals surface area contributed by atoms with Gasteiger partial charge >= 0.3 is 0 Å². The van der Waals surface area contributed by atoms with E-state index in [-0.39, 0.29) is 24.5 Å². The van der Waals surface area contributed by atoms with Gasteiger partial charge in [0, 0.05) is 50.6 Å². The van der Waals surface area contributed by atoms with Crippen molar-refractivity contribution in [2.45, 2.75) is 39.4 Å². The number of nitrogens with one attached hydrogen (secondary N) is 1. The number of aromatic nitrogens is 2. The van der Waals surface area contributed by atoms with E-state index in [0.29, 0.717) is 6.54 Å². The molecular formula is C17H26N4O2. The molecule has 1 aliphatic heterocycles. The van der Waals surface area contributed by atoms with Crippen LogP contribution in [0.5, 0.6) is 0 Å². The van der Waals surface area contributed by atoms with E-state index in [0.717, 1.165) is 31.9 Å². The van der Waals surface area contributed by atoms with Gasteiger partial charge in [0.1, 0.15) is 5.82 Å². The quantitative estimate of drug-likeness (QED) is 0.787. The predicted molar refractivity (Wildman–Crippen MR) is 87.5 cm³/mol. The number of rotatable bonds is 5. The first-order chi connectivity index (χ1) is 11.0. The molecule has 0 saturated carbocycles. The average Bonchev–Trinajstić information content (AvgIpc) is 3.14. The lowest BCUT2D eigenvalue weighted by Gasteiger charge is -2.34. The second-order valence-corrected chi connectivity index (χ2v) is 7.27. The summed E-state index contributed by atoms with van der Waals surface area (Å²) in [6.45, 7) is 7.50. The molecule has 2 heterocycles. The number of aliphatic hydroxyl groups is 1.